The molecule has 1 heterocycles. The maximum absolute atomic E-state index is 13.4. The van der Waals surface area contributed by atoms with Gasteiger partial charge in [0.05, 0.1) is 39.4 Å². The number of methoxy groups -OCH3 is 3. The molecule has 0 radical (unpaired) electrons. The van der Waals surface area contributed by atoms with Crippen LogP contribution >= 0.6 is 0 Å². The van der Waals surface area contributed by atoms with Gasteiger partial charge in [-0.3, -0.25) is 19.3 Å². The number of amides is 1. The topological polar surface area (TPSA) is 102 Å². The molecule has 8 nitrogen and oxygen atoms in total. The van der Waals surface area contributed by atoms with Crippen molar-refractivity contribution in [2.45, 2.75) is 19.4 Å². The number of ether oxygens (including phenoxy) is 3. The predicted octanol–water partition coefficient (Wildman–Crippen LogP) is 4.35. The highest BCUT2D eigenvalue weighted by molar-refractivity contribution is 6.51. The fraction of sp³-hybridized carbons (Fsp3) is 0.207. The Morgan fingerprint density at radius 2 is 1.62 bits per heavy atom. The first kappa shape index (κ1) is 25.5. The van der Waals surface area contributed by atoms with Crippen molar-refractivity contribution < 1.29 is 33.7 Å². The molecule has 1 N–H and O–H groups in total. The van der Waals surface area contributed by atoms with Crippen LogP contribution < -0.4 is 14.4 Å². The largest absolute Gasteiger partial charge is 0.507 e. The van der Waals surface area contributed by atoms with Crippen molar-refractivity contribution in [1.29, 1.82) is 0 Å². The molecule has 0 aromatic heterocycles. The minimum atomic E-state index is -0.876. The Hall–Kier alpha value is -4.59. The number of aliphatic hydroxyl groups is 1. The Labute approximate surface area is 214 Å². The first-order valence-electron chi connectivity index (χ1n) is 11.5. The molecule has 8 heteroatoms. The molecular weight excluding hydrogens is 474 g/mol. The van der Waals surface area contributed by atoms with Crippen LogP contribution in [0.4, 0.5) is 5.69 Å². The lowest BCUT2D eigenvalue weighted by Crippen LogP contribution is -2.29. The summed E-state index contributed by atoms with van der Waals surface area (Å²) in [6.07, 6.45) is 0.0796. The second-order valence-corrected chi connectivity index (χ2v) is 8.57. The zero-order valence-electron chi connectivity index (χ0n) is 21.0. The third-order valence-corrected chi connectivity index (χ3v) is 6.25. The van der Waals surface area contributed by atoms with Gasteiger partial charge in [-0.25, -0.2) is 0 Å². The molecule has 0 spiro atoms. The molecule has 0 bridgehead atoms. The summed E-state index contributed by atoms with van der Waals surface area (Å²) in [4.78, 5) is 39.7. The van der Waals surface area contributed by atoms with E-state index >= 15 is 0 Å². The van der Waals surface area contributed by atoms with E-state index in [-0.39, 0.29) is 23.7 Å². The summed E-state index contributed by atoms with van der Waals surface area (Å²) in [6, 6.07) is 18.1. The molecule has 3 aromatic rings. The molecule has 1 fully saturated rings. The number of hydrogen-bond acceptors (Lipinski definition) is 7. The van der Waals surface area contributed by atoms with E-state index in [1.54, 1.807) is 42.5 Å². The van der Waals surface area contributed by atoms with Gasteiger partial charge in [0.2, 0.25) is 0 Å². The molecule has 0 saturated carbocycles. The Morgan fingerprint density at radius 3 is 2.24 bits per heavy atom. The molecule has 1 atom stereocenters. The zero-order chi connectivity index (χ0) is 26.7. The average Bonchev–Trinajstić information content (AvgIpc) is 3.18. The second-order valence-electron chi connectivity index (χ2n) is 8.57. The van der Waals surface area contributed by atoms with Crippen LogP contribution in [0.25, 0.3) is 5.76 Å². The minimum absolute atomic E-state index is 0.0403. The third kappa shape index (κ3) is 4.91. The van der Waals surface area contributed by atoms with Crippen molar-refractivity contribution in [1.82, 2.24) is 0 Å². The summed E-state index contributed by atoms with van der Waals surface area (Å²) in [5.41, 5.74) is 3.02. The summed E-state index contributed by atoms with van der Waals surface area (Å²) < 4.78 is 15.3. The van der Waals surface area contributed by atoms with Crippen LogP contribution in [0.3, 0.4) is 0 Å². The number of esters is 1. The number of nitrogens with zero attached hydrogens (tertiary/aromatic N) is 1. The van der Waals surface area contributed by atoms with Gasteiger partial charge in [0.15, 0.2) is 11.5 Å². The number of carbonyl (C=O) groups is 3. The Balaban J connectivity index is 1.86. The highest BCUT2D eigenvalue weighted by Gasteiger charge is 2.47. The minimum Gasteiger partial charge on any atom is -0.507 e. The van der Waals surface area contributed by atoms with Gasteiger partial charge in [-0.1, -0.05) is 42.0 Å². The van der Waals surface area contributed by atoms with Crippen molar-refractivity contribution in [3.8, 4) is 11.5 Å². The van der Waals surface area contributed by atoms with Crippen molar-refractivity contribution in [3.05, 3.63) is 94.6 Å². The van der Waals surface area contributed by atoms with Crippen LogP contribution in [0.15, 0.2) is 72.3 Å². The van der Waals surface area contributed by atoms with E-state index in [2.05, 4.69) is 0 Å². The monoisotopic (exact) mass is 501 g/mol. The number of aliphatic hydroxyl groups excluding tert-OH is 1. The van der Waals surface area contributed by atoms with Crippen LogP contribution in [0.5, 0.6) is 11.5 Å². The first-order valence-corrected chi connectivity index (χ1v) is 11.5. The van der Waals surface area contributed by atoms with E-state index in [1.807, 2.05) is 31.2 Å². The molecule has 1 aliphatic rings. The molecule has 1 saturated heterocycles. The summed E-state index contributed by atoms with van der Waals surface area (Å²) >= 11 is 0. The highest BCUT2D eigenvalue weighted by Crippen LogP contribution is 2.43. The Bertz CT molecular complexity index is 1390. The number of hydrogen-bond donors (Lipinski definition) is 1. The summed E-state index contributed by atoms with van der Waals surface area (Å²) in [5, 5.41) is 11.4. The first-order chi connectivity index (χ1) is 17.8. The smallest absolute Gasteiger partial charge is 0.309 e. The lowest BCUT2D eigenvalue weighted by atomic mass is 9.94. The number of ketones is 1. The van der Waals surface area contributed by atoms with Crippen LogP contribution in [-0.2, 0) is 25.5 Å². The maximum Gasteiger partial charge on any atom is 0.309 e. The lowest BCUT2D eigenvalue weighted by molar-refractivity contribution is -0.139. The van der Waals surface area contributed by atoms with Crippen molar-refractivity contribution in [2.24, 2.45) is 0 Å². The summed E-state index contributed by atoms with van der Waals surface area (Å²) in [7, 11) is 4.28. The van der Waals surface area contributed by atoms with E-state index in [0.29, 0.717) is 33.9 Å². The molecule has 1 amide bonds. The van der Waals surface area contributed by atoms with Gasteiger partial charge in [0, 0.05) is 11.3 Å². The van der Waals surface area contributed by atoms with Gasteiger partial charge in [-0.2, -0.15) is 0 Å². The quantitative estimate of drug-likeness (QED) is 0.222. The van der Waals surface area contributed by atoms with E-state index < -0.39 is 17.7 Å². The van der Waals surface area contributed by atoms with Crippen LogP contribution in [0.2, 0.25) is 0 Å². The van der Waals surface area contributed by atoms with Gasteiger partial charge >= 0.3 is 5.97 Å². The van der Waals surface area contributed by atoms with Gasteiger partial charge in [0.1, 0.15) is 5.76 Å². The highest BCUT2D eigenvalue weighted by atomic mass is 16.5. The van der Waals surface area contributed by atoms with Crippen molar-refractivity contribution in [3.63, 3.8) is 0 Å². The van der Waals surface area contributed by atoms with E-state index in [1.165, 1.54) is 26.2 Å². The number of carbonyl (C=O) groups excluding carboxylic acids is 3. The van der Waals surface area contributed by atoms with Crippen LogP contribution in [0.1, 0.15) is 28.3 Å². The number of rotatable bonds is 7. The van der Waals surface area contributed by atoms with Crippen molar-refractivity contribution in [2.75, 3.05) is 26.2 Å². The van der Waals surface area contributed by atoms with Gasteiger partial charge in [-0.05, 0) is 48.4 Å². The van der Waals surface area contributed by atoms with E-state index in [9.17, 15) is 19.5 Å². The van der Waals surface area contributed by atoms with Crippen LogP contribution in [0, 0.1) is 6.92 Å². The fourth-order valence-corrected chi connectivity index (χ4v) is 4.41. The van der Waals surface area contributed by atoms with Gasteiger partial charge in [-0.15, -0.1) is 0 Å². The molecule has 0 aliphatic carbocycles. The summed E-state index contributed by atoms with van der Waals surface area (Å²) in [5.74, 6) is -1.46. The average molecular weight is 502 g/mol. The van der Waals surface area contributed by atoms with Gasteiger partial charge in [0.25, 0.3) is 11.7 Å². The number of aryl methyl sites for hydroxylation is 1. The molecule has 190 valence electrons. The lowest BCUT2D eigenvalue weighted by Gasteiger charge is -2.26. The normalized spacial score (nSPS) is 16.5. The predicted molar refractivity (Wildman–Crippen MR) is 138 cm³/mol. The Morgan fingerprint density at radius 1 is 0.919 bits per heavy atom. The van der Waals surface area contributed by atoms with E-state index in [4.69, 9.17) is 14.2 Å². The molecule has 1 unspecified atom stereocenters. The number of anilines is 1. The number of Topliss-reactive ketones (excluding diaryl/α,β-unsaturated/α-hetero) is 1. The van der Waals surface area contributed by atoms with Crippen molar-refractivity contribution >= 4 is 29.1 Å². The van der Waals surface area contributed by atoms with Crippen LogP contribution in [-0.4, -0.2) is 44.1 Å². The Kier molecular flexibility index (Phi) is 7.29. The molecule has 3 aromatic carbocycles. The second kappa shape index (κ2) is 10.6. The van der Waals surface area contributed by atoms with E-state index in [0.717, 1.165) is 5.56 Å². The molecule has 1 aliphatic heterocycles. The number of benzene rings is 3. The third-order valence-electron chi connectivity index (χ3n) is 6.25. The standard InChI is InChI=1S/C29H27NO7/c1-17-6-5-7-19(14-17)26-25(27(32)20-10-13-22(35-2)23(16-20)36-3)28(33)29(34)30(26)21-11-8-18(9-12-21)15-24(31)37-4/h5-14,16,26,32H,15H2,1-4H3/b27-25-. The molecule has 37 heavy (non-hydrogen) atoms. The maximum atomic E-state index is 13.4. The summed E-state index contributed by atoms with van der Waals surface area (Å²) in [6.45, 7) is 1.91. The molecule has 4 rings (SSSR count). The zero-order valence-corrected chi connectivity index (χ0v) is 21.0. The molecular formula is C29H27NO7. The SMILES string of the molecule is COC(=O)Cc1ccc(N2C(=O)C(=O)/C(=C(\O)c3ccc(OC)c(OC)c3)C2c2cccc(C)c2)cc1. The fourth-order valence-electron chi connectivity index (χ4n) is 4.41. The van der Waals surface area contributed by atoms with Gasteiger partial charge < -0.3 is 19.3 Å².